The fourth-order valence-electron chi connectivity index (χ4n) is 3.97. The van der Waals surface area contributed by atoms with Gasteiger partial charge in [-0.1, -0.05) is 23.7 Å². The zero-order chi connectivity index (χ0) is 22.9. The molecule has 1 aromatic heterocycles. The van der Waals surface area contributed by atoms with Crippen LogP contribution in [-0.2, 0) is 15.1 Å². The Kier molecular flexibility index (Phi) is 5.92. The highest BCUT2D eigenvalue weighted by atomic mass is 35.5. The van der Waals surface area contributed by atoms with Gasteiger partial charge in [-0.3, -0.25) is 14.5 Å². The average Bonchev–Trinajstić information content (AvgIpc) is 3.03. The van der Waals surface area contributed by atoms with E-state index in [-0.39, 0.29) is 12.5 Å². The van der Waals surface area contributed by atoms with Crippen molar-refractivity contribution in [2.75, 3.05) is 44.7 Å². The van der Waals surface area contributed by atoms with Gasteiger partial charge in [0.2, 0.25) is 5.91 Å². The first-order valence-electron chi connectivity index (χ1n) is 10.3. The number of imide groups is 1. The van der Waals surface area contributed by atoms with Crippen LogP contribution in [-0.4, -0.2) is 72.5 Å². The maximum atomic E-state index is 13.1. The molecule has 2 aromatic rings. The van der Waals surface area contributed by atoms with Crippen molar-refractivity contribution in [1.82, 2.24) is 20.1 Å². The first-order chi connectivity index (χ1) is 15.3. The van der Waals surface area contributed by atoms with Gasteiger partial charge in [0, 0.05) is 32.4 Å². The van der Waals surface area contributed by atoms with Gasteiger partial charge >= 0.3 is 6.03 Å². The number of hydrogen-bond acceptors (Lipinski definition) is 6. The average molecular weight is 458 g/mol. The molecule has 3 heterocycles. The minimum Gasteiger partial charge on any atom is -0.497 e. The SMILES string of the molecule is COc1ccc(C2(C)NC(=O)N(CC(=O)N3CCN(c4ncccc4Cl)CC3)C2=O)cc1. The largest absolute Gasteiger partial charge is 0.497 e. The highest BCUT2D eigenvalue weighted by Gasteiger charge is 2.49. The molecule has 10 heteroatoms. The molecular formula is C22H24ClN5O4. The number of hydrogen-bond donors (Lipinski definition) is 1. The highest BCUT2D eigenvalue weighted by molar-refractivity contribution is 6.32. The first-order valence-corrected chi connectivity index (χ1v) is 10.6. The number of carbonyl (C=O) groups excluding carboxylic acids is 3. The number of aromatic nitrogens is 1. The summed E-state index contributed by atoms with van der Waals surface area (Å²) in [6.07, 6.45) is 1.68. The summed E-state index contributed by atoms with van der Waals surface area (Å²) in [6.45, 7) is 3.35. The number of methoxy groups -OCH3 is 1. The normalized spacial score (nSPS) is 21.0. The smallest absolute Gasteiger partial charge is 0.325 e. The monoisotopic (exact) mass is 457 g/mol. The zero-order valence-corrected chi connectivity index (χ0v) is 18.6. The minimum atomic E-state index is -1.24. The Morgan fingerprint density at radius 1 is 1.16 bits per heavy atom. The van der Waals surface area contributed by atoms with Crippen molar-refractivity contribution in [3.05, 3.63) is 53.2 Å². The third kappa shape index (κ3) is 3.95. The Morgan fingerprint density at radius 3 is 2.47 bits per heavy atom. The summed E-state index contributed by atoms with van der Waals surface area (Å²) in [4.78, 5) is 47.5. The number of halogens is 1. The second kappa shape index (κ2) is 8.66. The van der Waals surface area contributed by atoms with Crippen molar-refractivity contribution in [3.63, 3.8) is 0 Å². The fourth-order valence-corrected chi connectivity index (χ4v) is 4.21. The van der Waals surface area contributed by atoms with E-state index in [1.165, 1.54) is 0 Å². The van der Waals surface area contributed by atoms with Crippen LogP contribution in [0.1, 0.15) is 12.5 Å². The molecule has 2 saturated heterocycles. The molecule has 4 rings (SSSR count). The van der Waals surface area contributed by atoms with Gasteiger partial charge in [0.05, 0.1) is 12.1 Å². The van der Waals surface area contributed by atoms with Crippen molar-refractivity contribution in [2.24, 2.45) is 0 Å². The lowest BCUT2D eigenvalue weighted by Crippen LogP contribution is -2.52. The van der Waals surface area contributed by atoms with Gasteiger partial charge in [0.25, 0.3) is 5.91 Å². The molecule has 0 bridgehead atoms. The Hall–Kier alpha value is -3.33. The second-order valence-electron chi connectivity index (χ2n) is 7.85. The topological polar surface area (TPSA) is 95.1 Å². The lowest BCUT2D eigenvalue weighted by atomic mass is 9.92. The molecule has 4 amide bonds. The summed E-state index contributed by atoms with van der Waals surface area (Å²) in [7, 11) is 1.55. The third-order valence-electron chi connectivity index (χ3n) is 5.91. The zero-order valence-electron chi connectivity index (χ0n) is 17.9. The van der Waals surface area contributed by atoms with Gasteiger partial charge < -0.3 is 19.9 Å². The van der Waals surface area contributed by atoms with Crippen LogP contribution >= 0.6 is 11.6 Å². The number of anilines is 1. The fraction of sp³-hybridized carbons (Fsp3) is 0.364. The molecule has 0 saturated carbocycles. The van der Waals surface area contributed by atoms with E-state index in [0.29, 0.717) is 48.3 Å². The molecule has 1 unspecified atom stereocenters. The van der Waals surface area contributed by atoms with Crippen LogP contribution < -0.4 is 15.0 Å². The first kappa shape index (κ1) is 21.9. The lowest BCUT2D eigenvalue weighted by Gasteiger charge is -2.36. The number of amides is 4. The summed E-state index contributed by atoms with van der Waals surface area (Å²) < 4.78 is 5.15. The molecule has 0 radical (unpaired) electrons. The van der Waals surface area contributed by atoms with Crippen molar-refractivity contribution < 1.29 is 19.1 Å². The Labute approximate surface area is 190 Å². The number of ether oxygens (including phenoxy) is 1. The van der Waals surface area contributed by atoms with Crippen LogP contribution in [0.2, 0.25) is 5.02 Å². The maximum absolute atomic E-state index is 13.1. The van der Waals surface area contributed by atoms with Gasteiger partial charge in [-0.2, -0.15) is 0 Å². The van der Waals surface area contributed by atoms with Crippen LogP contribution in [0.4, 0.5) is 10.6 Å². The van der Waals surface area contributed by atoms with Gasteiger partial charge in [0.1, 0.15) is 23.7 Å². The summed E-state index contributed by atoms with van der Waals surface area (Å²) in [5.74, 6) is 0.595. The van der Waals surface area contributed by atoms with Crippen molar-refractivity contribution >= 4 is 35.3 Å². The predicted octanol–water partition coefficient (Wildman–Crippen LogP) is 1.86. The van der Waals surface area contributed by atoms with Crippen molar-refractivity contribution in [1.29, 1.82) is 0 Å². The molecule has 9 nitrogen and oxygen atoms in total. The minimum absolute atomic E-state index is 0.278. The Balaban J connectivity index is 1.39. The molecule has 32 heavy (non-hydrogen) atoms. The van der Waals surface area contributed by atoms with E-state index >= 15 is 0 Å². The summed E-state index contributed by atoms with van der Waals surface area (Å²) in [5.41, 5.74) is -0.620. The van der Waals surface area contributed by atoms with Gasteiger partial charge in [-0.15, -0.1) is 0 Å². The Morgan fingerprint density at radius 2 is 1.84 bits per heavy atom. The number of pyridine rings is 1. The maximum Gasteiger partial charge on any atom is 0.325 e. The summed E-state index contributed by atoms with van der Waals surface area (Å²) in [6, 6.07) is 9.86. The van der Waals surface area contributed by atoms with Crippen LogP contribution in [0.5, 0.6) is 5.75 Å². The van der Waals surface area contributed by atoms with E-state index in [1.54, 1.807) is 61.5 Å². The number of urea groups is 1. The molecule has 0 spiro atoms. The molecule has 2 aliphatic rings. The van der Waals surface area contributed by atoms with E-state index in [1.807, 2.05) is 4.90 Å². The number of benzene rings is 1. The summed E-state index contributed by atoms with van der Waals surface area (Å²) in [5, 5.41) is 3.28. The van der Waals surface area contributed by atoms with E-state index in [2.05, 4.69) is 10.3 Å². The van der Waals surface area contributed by atoms with E-state index in [0.717, 1.165) is 4.90 Å². The Bertz CT molecular complexity index is 1040. The van der Waals surface area contributed by atoms with Crippen LogP contribution in [0.15, 0.2) is 42.6 Å². The number of carbonyl (C=O) groups is 3. The lowest BCUT2D eigenvalue weighted by molar-refractivity contribution is -0.139. The number of piperazine rings is 1. The van der Waals surface area contributed by atoms with Crippen LogP contribution in [0.25, 0.3) is 0 Å². The van der Waals surface area contributed by atoms with E-state index in [4.69, 9.17) is 16.3 Å². The second-order valence-corrected chi connectivity index (χ2v) is 8.26. The number of nitrogens with one attached hydrogen (secondary N) is 1. The van der Waals surface area contributed by atoms with Gasteiger partial charge in [0.15, 0.2) is 0 Å². The number of rotatable bonds is 5. The quantitative estimate of drug-likeness (QED) is 0.689. The molecule has 2 aliphatic heterocycles. The van der Waals surface area contributed by atoms with Gasteiger partial charge in [-0.25, -0.2) is 9.78 Å². The van der Waals surface area contributed by atoms with Crippen molar-refractivity contribution in [3.8, 4) is 5.75 Å². The van der Waals surface area contributed by atoms with Crippen LogP contribution in [0.3, 0.4) is 0 Å². The molecule has 1 atom stereocenters. The summed E-state index contributed by atoms with van der Waals surface area (Å²) >= 11 is 6.22. The molecule has 168 valence electrons. The van der Waals surface area contributed by atoms with E-state index < -0.39 is 17.5 Å². The molecule has 0 aliphatic carbocycles. The molecule has 1 N–H and O–H groups in total. The van der Waals surface area contributed by atoms with Crippen LogP contribution in [0, 0.1) is 0 Å². The molecular weight excluding hydrogens is 434 g/mol. The molecule has 2 fully saturated rings. The molecule has 1 aromatic carbocycles. The van der Waals surface area contributed by atoms with Crippen molar-refractivity contribution in [2.45, 2.75) is 12.5 Å². The van der Waals surface area contributed by atoms with E-state index in [9.17, 15) is 14.4 Å². The van der Waals surface area contributed by atoms with Gasteiger partial charge in [-0.05, 0) is 36.8 Å². The standard InChI is InChI=1S/C22H24ClN5O4/c1-22(15-5-7-16(32-2)8-6-15)20(30)28(21(31)25-22)14-18(29)26-10-12-27(13-11-26)19-17(23)4-3-9-24-19/h3-9H,10-14H2,1-2H3,(H,25,31). The predicted molar refractivity (Wildman–Crippen MR) is 119 cm³/mol. The third-order valence-corrected chi connectivity index (χ3v) is 6.20. The number of nitrogens with zero attached hydrogens (tertiary/aromatic N) is 4. The highest BCUT2D eigenvalue weighted by Crippen LogP contribution is 2.30.